The number of halogens is 3. The summed E-state index contributed by atoms with van der Waals surface area (Å²) in [5, 5.41) is 64.7. The smallest absolute Gasteiger partial charge is 0.309 e. The van der Waals surface area contributed by atoms with Crippen molar-refractivity contribution >= 4 is 43.6 Å². The molecule has 0 atom stereocenters. The minimum atomic E-state index is -4.90. The van der Waals surface area contributed by atoms with Gasteiger partial charge in [-0.25, -0.2) is 0 Å². The molecule has 2 aromatic heterocycles. The Labute approximate surface area is 479 Å². The summed E-state index contributed by atoms with van der Waals surface area (Å²) < 4.78 is 50.8. The summed E-state index contributed by atoms with van der Waals surface area (Å²) in [5.41, 5.74) is 11.6. The van der Waals surface area contributed by atoms with Crippen molar-refractivity contribution < 1.29 is 13.2 Å². The normalized spacial score (nSPS) is 11.2. The van der Waals surface area contributed by atoms with Crippen LogP contribution in [0.15, 0.2) is 224 Å². The highest BCUT2D eigenvalue weighted by molar-refractivity contribution is 6.14. The van der Waals surface area contributed by atoms with Crippen molar-refractivity contribution in [2.75, 3.05) is 0 Å². The molecule has 2 heterocycles. The van der Waals surface area contributed by atoms with Crippen LogP contribution in [-0.4, -0.2) is 9.13 Å². The average molecular weight is 1080 g/mol. The number of hydrogen-bond acceptors (Lipinski definition) is 6. The van der Waals surface area contributed by atoms with Gasteiger partial charge in [0.2, 0.25) is 0 Å². The minimum absolute atomic E-state index is 0.171. The Kier molecular flexibility index (Phi) is 12.5. The van der Waals surface area contributed by atoms with E-state index < -0.39 is 11.7 Å². The Hall–Kier alpha value is -12.3. The lowest BCUT2D eigenvalue weighted by Gasteiger charge is -2.21. The molecule has 13 aromatic rings. The molecule has 0 N–H and O–H groups in total. The first kappa shape index (κ1) is 51.2. The van der Waals surface area contributed by atoms with Gasteiger partial charge in [0.15, 0.2) is 0 Å². The Balaban J connectivity index is 1.13. The van der Waals surface area contributed by atoms with Gasteiger partial charge in [-0.15, -0.1) is 0 Å². The van der Waals surface area contributed by atoms with Crippen LogP contribution in [-0.2, 0) is 6.18 Å². The van der Waals surface area contributed by atoms with Crippen molar-refractivity contribution in [2.45, 2.75) is 6.18 Å². The molecule has 0 fully saturated rings. The summed E-state index contributed by atoms with van der Waals surface area (Å²) >= 11 is 0. The van der Waals surface area contributed by atoms with E-state index in [-0.39, 0.29) is 22.3 Å². The first-order valence-electron chi connectivity index (χ1n) is 26.5. The van der Waals surface area contributed by atoms with Crippen LogP contribution >= 0.6 is 0 Å². The number of rotatable bonds is 8. The summed E-state index contributed by atoms with van der Waals surface area (Å²) in [7, 11) is 0. The van der Waals surface area contributed by atoms with E-state index >= 15 is 13.2 Å². The third-order valence-electron chi connectivity index (χ3n) is 15.6. The third-order valence-corrected chi connectivity index (χ3v) is 15.6. The molecule has 0 unspecified atom stereocenters. The molecule has 84 heavy (non-hydrogen) atoms. The van der Waals surface area contributed by atoms with E-state index in [1.54, 1.807) is 66.7 Å². The monoisotopic (exact) mass is 1080 g/mol. The molecule has 0 radical (unpaired) electrons. The highest BCUT2D eigenvalue weighted by atomic mass is 19.4. The summed E-state index contributed by atoms with van der Waals surface area (Å²) in [6, 6.07) is 80.3. The quantitative estimate of drug-likeness (QED) is 0.148. The lowest BCUT2D eigenvalue weighted by molar-refractivity contribution is -0.137. The fraction of sp³-hybridized carbons (Fsp3) is 0.0137. The van der Waals surface area contributed by atoms with Crippen molar-refractivity contribution in [3.8, 4) is 115 Å². The van der Waals surface area contributed by atoms with Crippen LogP contribution in [0.1, 0.15) is 38.9 Å². The van der Waals surface area contributed by atoms with Crippen molar-refractivity contribution in [1.82, 2.24) is 9.13 Å². The van der Waals surface area contributed by atoms with Gasteiger partial charge in [-0.1, -0.05) is 109 Å². The van der Waals surface area contributed by atoms with Crippen LogP contribution in [0, 0.1) is 68.0 Å². The van der Waals surface area contributed by atoms with E-state index in [1.807, 2.05) is 155 Å². The van der Waals surface area contributed by atoms with Gasteiger partial charge in [0, 0.05) is 32.8 Å². The molecule has 0 aliphatic carbocycles. The molecule has 0 aliphatic heterocycles. The predicted molar refractivity (Wildman–Crippen MR) is 321 cm³/mol. The number of benzene rings is 11. The van der Waals surface area contributed by atoms with Crippen LogP contribution in [0.3, 0.4) is 0 Å². The zero-order valence-corrected chi connectivity index (χ0v) is 44.1. The highest BCUT2D eigenvalue weighted by Gasteiger charge is 2.35. The zero-order chi connectivity index (χ0) is 57.8. The molecule has 11 aromatic carbocycles. The summed E-state index contributed by atoms with van der Waals surface area (Å²) in [6.07, 6.45) is -4.90. The minimum Gasteiger partial charge on any atom is -0.309 e. The van der Waals surface area contributed by atoms with E-state index in [9.17, 15) is 31.6 Å². The van der Waals surface area contributed by atoms with Gasteiger partial charge < -0.3 is 9.13 Å². The number of hydrogen-bond donors (Lipinski definition) is 0. The van der Waals surface area contributed by atoms with Crippen LogP contribution < -0.4 is 0 Å². The average Bonchev–Trinajstić information content (AvgIpc) is 1.80. The van der Waals surface area contributed by atoms with Crippen LogP contribution in [0.4, 0.5) is 13.2 Å². The predicted octanol–water partition coefficient (Wildman–Crippen LogP) is 18.1. The van der Waals surface area contributed by atoms with Gasteiger partial charge in [0.05, 0.1) is 103 Å². The van der Waals surface area contributed by atoms with Gasteiger partial charge in [0.25, 0.3) is 0 Å². The van der Waals surface area contributed by atoms with Gasteiger partial charge in [-0.05, 0) is 176 Å². The van der Waals surface area contributed by atoms with Crippen LogP contribution in [0.25, 0.3) is 122 Å². The van der Waals surface area contributed by atoms with E-state index in [0.29, 0.717) is 66.9 Å². The van der Waals surface area contributed by atoms with Gasteiger partial charge >= 0.3 is 6.18 Å². The molecular formula is C73H37F3N8. The molecule has 8 nitrogen and oxygen atoms in total. The molecule has 0 spiro atoms. The lowest BCUT2D eigenvalue weighted by Crippen LogP contribution is -2.08. The van der Waals surface area contributed by atoms with E-state index in [2.05, 4.69) is 30.3 Å². The maximum atomic E-state index is 15.6. The fourth-order valence-corrected chi connectivity index (χ4v) is 11.8. The SMILES string of the molecule is N#Cc1ccc(-n2c3ccc(-c4ccccc4C#N)cc3c3cc(-c4ccccc4C#N)ccc32)c(-c2cc(-n3c4ccc(-c5ccccc5C#N)cc4c4cc(-c5ccccc5C#N)ccc43)ccc2-c2ccc(C#N)cc2C(F)(F)F)c1. The van der Waals surface area contributed by atoms with Gasteiger partial charge in [-0.2, -0.15) is 44.7 Å². The number of alkyl halides is 3. The van der Waals surface area contributed by atoms with Crippen molar-refractivity contribution in [3.63, 3.8) is 0 Å². The molecule has 0 aliphatic rings. The fourth-order valence-electron chi connectivity index (χ4n) is 11.8. The van der Waals surface area contributed by atoms with Gasteiger partial charge in [0.1, 0.15) is 0 Å². The molecular weight excluding hydrogens is 1050 g/mol. The molecule has 11 heteroatoms. The molecule has 390 valence electrons. The van der Waals surface area contributed by atoms with E-state index in [1.165, 1.54) is 12.1 Å². The Morgan fingerprint density at radius 2 is 0.655 bits per heavy atom. The van der Waals surface area contributed by atoms with Crippen molar-refractivity contribution in [1.29, 1.82) is 31.6 Å². The molecule has 0 bridgehead atoms. The maximum absolute atomic E-state index is 15.6. The van der Waals surface area contributed by atoms with E-state index in [0.717, 1.165) is 72.0 Å². The zero-order valence-electron chi connectivity index (χ0n) is 44.1. The highest BCUT2D eigenvalue weighted by Crippen LogP contribution is 2.47. The number of aromatic nitrogens is 2. The Morgan fingerprint density at radius 3 is 1.05 bits per heavy atom. The molecule has 0 saturated heterocycles. The third kappa shape index (κ3) is 8.52. The molecule has 0 amide bonds. The number of fused-ring (bicyclic) bond motifs is 6. The first-order chi connectivity index (χ1) is 41.0. The Bertz CT molecular complexity index is 5000. The van der Waals surface area contributed by atoms with E-state index in [4.69, 9.17) is 0 Å². The van der Waals surface area contributed by atoms with Crippen molar-refractivity contribution in [2.24, 2.45) is 0 Å². The Morgan fingerprint density at radius 1 is 0.286 bits per heavy atom. The van der Waals surface area contributed by atoms with Crippen molar-refractivity contribution in [3.05, 3.63) is 263 Å². The lowest BCUT2D eigenvalue weighted by atomic mass is 9.89. The largest absolute Gasteiger partial charge is 0.417 e. The summed E-state index contributed by atoms with van der Waals surface area (Å²) in [6.45, 7) is 0. The maximum Gasteiger partial charge on any atom is 0.417 e. The number of nitriles is 6. The standard InChI is InChI=1S/C73H37F3N8/c74-73(75,76)67-32-45(39-78)17-24-60(67)59-25-23-54(83-68-27-19-46(55-13-5-1-9-50(55)40-79)33-63(68)64-34-47(20-28-69(64)83)56-14-6-2-10-51(56)41-80)37-61(59)62-31-44(38-77)18-26-70(62)84-71-29-21-48(57-15-7-3-11-52(57)42-81)35-65(71)66-36-49(22-30-72(66)84)58-16-8-4-12-53(58)43-82/h1-37H. The van der Waals surface area contributed by atoms with Crippen LogP contribution in [0.5, 0.6) is 0 Å². The molecule has 13 rings (SSSR count). The second-order valence-corrected chi connectivity index (χ2v) is 20.2. The molecule has 0 saturated carbocycles. The first-order valence-corrected chi connectivity index (χ1v) is 26.5. The second-order valence-electron chi connectivity index (χ2n) is 20.2. The second kappa shape index (κ2) is 20.4. The summed E-state index contributed by atoms with van der Waals surface area (Å²) in [4.78, 5) is 0. The van der Waals surface area contributed by atoms with Crippen LogP contribution in [0.2, 0.25) is 0 Å². The summed E-state index contributed by atoms with van der Waals surface area (Å²) in [5.74, 6) is 0. The number of nitrogens with zero attached hydrogens (tertiary/aromatic N) is 8. The topological polar surface area (TPSA) is 153 Å². The van der Waals surface area contributed by atoms with Gasteiger partial charge in [-0.3, -0.25) is 0 Å².